The third kappa shape index (κ3) is 6.61. The molecule has 2 N–H and O–H groups in total. The number of nitrogens with zero attached hydrogens (tertiary/aromatic N) is 2. The summed E-state index contributed by atoms with van der Waals surface area (Å²) in [6.45, 7) is 5.07. The summed E-state index contributed by atoms with van der Waals surface area (Å²) in [6.07, 6.45) is 7.79. The highest BCUT2D eigenvalue weighted by Gasteiger charge is 2.40. The van der Waals surface area contributed by atoms with E-state index in [1.54, 1.807) is 31.5 Å². The number of ketones is 1. The molecule has 1 unspecified atom stereocenters. The highest BCUT2D eigenvalue weighted by molar-refractivity contribution is 7.10. The lowest BCUT2D eigenvalue weighted by Crippen LogP contribution is -2.55. The number of likely N-dealkylation sites (tertiary alicyclic amines) is 1. The molecular weight excluding hydrogens is 500 g/mol. The molecule has 1 saturated carbocycles. The molecule has 0 bridgehead atoms. The second-order valence-corrected chi connectivity index (χ2v) is 11.3. The van der Waals surface area contributed by atoms with Gasteiger partial charge in [-0.25, -0.2) is 4.98 Å². The predicted molar refractivity (Wildman–Crippen MR) is 148 cm³/mol. The van der Waals surface area contributed by atoms with Gasteiger partial charge in [-0.3, -0.25) is 14.4 Å². The molecule has 2 amide bonds. The van der Waals surface area contributed by atoms with E-state index >= 15 is 0 Å². The smallest absolute Gasteiger partial charge is 0.246 e. The molecule has 1 aliphatic carbocycles. The van der Waals surface area contributed by atoms with Gasteiger partial charge in [-0.05, 0) is 64.1 Å². The first-order valence-corrected chi connectivity index (χ1v) is 14.8. The van der Waals surface area contributed by atoms with Gasteiger partial charge < -0.3 is 20.3 Å². The Balaban J connectivity index is 1.51. The molecular formula is C29H40N4O4S. The van der Waals surface area contributed by atoms with E-state index in [9.17, 15) is 14.4 Å². The van der Waals surface area contributed by atoms with E-state index in [0.29, 0.717) is 30.2 Å². The molecule has 9 heteroatoms. The molecule has 2 aromatic rings. The third-order valence-electron chi connectivity index (χ3n) is 7.66. The first kappa shape index (κ1) is 28.2. The molecule has 38 heavy (non-hydrogen) atoms. The van der Waals surface area contributed by atoms with Crippen LogP contribution in [0.5, 0.6) is 5.75 Å². The number of hydrogen-bond acceptors (Lipinski definition) is 7. The van der Waals surface area contributed by atoms with Crippen molar-refractivity contribution in [1.29, 1.82) is 0 Å². The number of rotatable bonds is 11. The summed E-state index contributed by atoms with van der Waals surface area (Å²) >= 11 is 1.42. The van der Waals surface area contributed by atoms with E-state index in [1.165, 1.54) is 17.8 Å². The van der Waals surface area contributed by atoms with Gasteiger partial charge in [0.15, 0.2) is 0 Å². The van der Waals surface area contributed by atoms with E-state index in [0.717, 1.165) is 50.0 Å². The molecule has 1 aromatic heterocycles. The van der Waals surface area contributed by atoms with Gasteiger partial charge in [-0.1, -0.05) is 38.3 Å². The summed E-state index contributed by atoms with van der Waals surface area (Å²) in [5.74, 6) is 0.475. The normalized spacial score (nSPS) is 19.7. The average Bonchev–Trinajstić information content (AvgIpc) is 3.64. The summed E-state index contributed by atoms with van der Waals surface area (Å²) < 4.78 is 5.68. The van der Waals surface area contributed by atoms with Crippen LogP contribution in [0.3, 0.4) is 0 Å². The minimum Gasteiger partial charge on any atom is -0.494 e. The van der Waals surface area contributed by atoms with Crippen molar-refractivity contribution in [2.45, 2.75) is 83.3 Å². The molecule has 2 fully saturated rings. The number of amides is 2. The van der Waals surface area contributed by atoms with Gasteiger partial charge in [0.05, 0.1) is 18.7 Å². The molecule has 1 aromatic carbocycles. The fourth-order valence-electron chi connectivity index (χ4n) is 5.36. The molecule has 3 atom stereocenters. The standard InChI is InChI=1S/C29H40N4O4S/c1-4-16-37-22-13-8-12-21(17-22)26(34)23-18-38-28(31-23)24-14-9-15-33(24)29(36)25(20-10-6-5-7-11-20)32-27(35)19(2)30-3/h8,12-13,17-20,24-25,30H,4-7,9-11,14-16H2,1-3H3,(H,32,35)/t19-,24?,25-/m0/s1. The van der Waals surface area contributed by atoms with Gasteiger partial charge in [0.25, 0.3) is 0 Å². The van der Waals surface area contributed by atoms with Crippen LogP contribution < -0.4 is 15.4 Å². The van der Waals surface area contributed by atoms with Crippen LogP contribution in [0.15, 0.2) is 29.6 Å². The summed E-state index contributed by atoms with van der Waals surface area (Å²) in [6, 6.07) is 6.10. The number of thiazole rings is 1. The van der Waals surface area contributed by atoms with E-state index in [2.05, 4.69) is 10.6 Å². The highest BCUT2D eigenvalue weighted by Crippen LogP contribution is 2.36. The van der Waals surface area contributed by atoms with Crippen molar-refractivity contribution in [2.75, 3.05) is 20.2 Å². The topological polar surface area (TPSA) is 101 Å². The number of likely N-dealkylation sites (N-methyl/N-ethyl adjacent to an activating group) is 1. The fraction of sp³-hybridized carbons (Fsp3) is 0.586. The van der Waals surface area contributed by atoms with E-state index in [1.807, 2.05) is 24.0 Å². The van der Waals surface area contributed by atoms with Crippen molar-refractivity contribution < 1.29 is 19.1 Å². The number of nitrogens with one attached hydrogen (secondary N) is 2. The lowest BCUT2D eigenvalue weighted by molar-refractivity contribution is -0.139. The highest BCUT2D eigenvalue weighted by atomic mass is 32.1. The quantitative estimate of drug-likeness (QED) is 0.407. The van der Waals surface area contributed by atoms with Gasteiger partial charge in [0.1, 0.15) is 22.5 Å². The molecule has 1 saturated heterocycles. The summed E-state index contributed by atoms with van der Waals surface area (Å²) in [5, 5.41) is 8.60. The van der Waals surface area contributed by atoms with Crippen molar-refractivity contribution in [1.82, 2.24) is 20.5 Å². The van der Waals surface area contributed by atoms with Gasteiger partial charge in [0.2, 0.25) is 17.6 Å². The number of aromatic nitrogens is 1. The lowest BCUT2D eigenvalue weighted by atomic mass is 9.83. The Bertz CT molecular complexity index is 1110. The maximum atomic E-state index is 13.9. The van der Waals surface area contributed by atoms with Crippen LogP contribution in [0.1, 0.15) is 92.3 Å². The fourth-order valence-corrected chi connectivity index (χ4v) is 6.31. The van der Waals surface area contributed by atoms with Crippen LogP contribution >= 0.6 is 11.3 Å². The van der Waals surface area contributed by atoms with E-state index in [4.69, 9.17) is 9.72 Å². The number of hydrogen-bond donors (Lipinski definition) is 2. The maximum Gasteiger partial charge on any atom is 0.246 e. The molecule has 0 radical (unpaired) electrons. The van der Waals surface area contributed by atoms with Crippen molar-refractivity contribution in [3.63, 3.8) is 0 Å². The Labute approximate surface area is 229 Å². The van der Waals surface area contributed by atoms with E-state index in [-0.39, 0.29) is 35.6 Å². The largest absolute Gasteiger partial charge is 0.494 e. The second kappa shape index (κ2) is 13.3. The number of carbonyl (C=O) groups excluding carboxylic acids is 3. The number of carbonyl (C=O) groups is 3. The molecule has 2 aliphatic rings. The van der Waals surface area contributed by atoms with Gasteiger partial charge in [-0.2, -0.15) is 0 Å². The van der Waals surface area contributed by atoms with Crippen LogP contribution in [0.2, 0.25) is 0 Å². The number of benzene rings is 1. The molecule has 4 rings (SSSR count). The van der Waals surface area contributed by atoms with E-state index < -0.39 is 6.04 Å². The predicted octanol–water partition coefficient (Wildman–Crippen LogP) is 4.50. The Morgan fingerprint density at radius 3 is 2.68 bits per heavy atom. The minimum atomic E-state index is -0.536. The molecule has 206 valence electrons. The van der Waals surface area contributed by atoms with Crippen LogP contribution in [0.25, 0.3) is 0 Å². The van der Waals surface area contributed by atoms with Gasteiger partial charge in [0, 0.05) is 17.5 Å². The molecule has 8 nitrogen and oxygen atoms in total. The SMILES string of the molecule is CCCOc1cccc(C(=O)c2csc(C3CCCN3C(=O)[C@@H](NC(=O)[C@H](C)NC)C3CCCCC3)n2)c1. The zero-order valence-electron chi connectivity index (χ0n) is 22.7. The van der Waals surface area contributed by atoms with Crippen LogP contribution in [-0.2, 0) is 9.59 Å². The lowest BCUT2D eigenvalue weighted by Gasteiger charge is -2.35. The summed E-state index contributed by atoms with van der Waals surface area (Å²) in [5.41, 5.74) is 0.922. The Morgan fingerprint density at radius 1 is 1.16 bits per heavy atom. The summed E-state index contributed by atoms with van der Waals surface area (Å²) in [7, 11) is 1.74. The molecule has 0 spiro atoms. The first-order chi connectivity index (χ1) is 18.4. The Hall–Kier alpha value is -2.78. The second-order valence-electron chi connectivity index (χ2n) is 10.4. The molecule has 1 aliphatic heterocycles. The van der Waals surface area contributed by atoms with Crippen molar-refractivity contribution in [2.24, 2.45) is 5.92 Å². The number of ether oxygens (including phenoxy) is 1. The first-order valence-electron chi connectivity index (χ1n) is 13.9. The van der Waals surface area contributed by atoms with Gasteiger partial charge in [-0.15, -0.1) is 11.3 Å². The van der Waals surface area contributed by atoms with Crippen LogP contribution in [0, 0.1) is 5.92 Å². The van der Waals surface area contributed by atoms with Crippen LogP contribution in [-0.4, -0.2) is 59.8 Å². The average molecular weight is 541 g/mol. The summed E-state index contributed by atoms with van der Waals surface area (Å²) in [4.78, 5) is 46.5. The minimum absolute atomic E-state index is 0.0279. The van der Waals surface area contributed by atoms with Crippen LogP contribution in [0.4, 0.5) is 0 Å². The van der Waals surface area contributed by atoms with Crippen molar-refractivity contribution in [3.05, 3.63) is 45.9 Å². The Morgan fingerprint density at radius 2 is 1.95 bits per heavy atom. The third-order valence-corrected chi connectivity index (χ3v) is 8.60. The maximum absolute atomic E-state index is 13.9. The van der Waals surface area contributed by atoms with Crippen molar-refractivity contribution >= 4 is 28.9 Å². The Kier molecular flexibility index (Phi) is 9.91. The molecule has 2 heterocycles. The zero-order chi connectivity index (χ0) is 27.1. The van der Waals surface area contributed by atoms with Crippen molar-refractivity contribution in [3.8, 4) is 5.75 Å². The van der Waals surface area contributed by atoms with Gasteiger partial charge >= 0.3 is 0 Å². The zero-order valence-corrected chi connectivity index (χ0v) is 23.5. The monoisotopic (exact) mass is 540 g/mol.